The maximum Gasteiger partial charge on any atom is 0.240 e. The molecular weight excluding hydrogens is 388 g/mol. The second-order valence-electron chi connectivity index (χ2n) is 9.60. The Labute approximate surface area is 182 Å². The van der Waals surface area contributed by atoms with E-state index in [1.807, 2.05) is 18.2 Å². The highest BCUT2D eigenvalue weighted by molar-refractivity contribution is 5.21. The van der Waals surface area contributed by atoms with Crippen LogP contribution in [0.5, 0.6) is 0 Å². The zero-order chi connectivity index (χ0) is 20.7. The van der Waals surface area contributed by atoms with Crippen molar-refractivity contribution in [1.29, 1.82) is 0 Å². The van der Waals surface area contributed by atoms with Crippen LogP contribution >= 0.6 is 0 Å². The van der Waals surface area contributed by atoms with E-state index < -0.39 is 0 Å². The molecule has 6 rings (SSSR count). The summed E-state index contributed by atoms with van der Waals surface area (Å²) in [7, 11) is 0. The summed E-state index contributed by atoms with van der Waals surface area (Å²) in [6.45, 7) is 4.05. The summed E-state index contributed by atoms with van der Waals surface area (Å²) in [6.07, 6.45) is 9.38. The van der Waals surface area contributed by atoms with Gasteiger partial charge >= 0.3 is 0 Å². The first-order chi connectivity index (χ1) is 15.3. The molecule has 1 aromatic carbocycles. The van der Waals surface area contributed by atoms with E-state index in [0.717, 1.165) is 50.7 Å². The number of aromatic nitrogens is 5. The van der Waals surface area contributed by atoms with Gasteiger partial charge in [-0.25, -0.2) is 0 Å². The lowest BCUT2D eigenvalue weighted by Gasteiger charge is -2.31. The lowest BCUT2D eigenvalue weighted by atomic mass is 9.90. The van der Waals surface area contributed by atoms with Crippen LogP contribution in [0.25, 0.3) is 0 Å². The molecular formula is C24H30N6O. The third-order valence-electron chi connectivity index (χ3n) is 7.57. The van der Waals surface area contributed by atoms with E-state index >= 15 is 0 Å². The molecule has 1 saturated carbocycles. The van der Waals surface area contributed by atoms with Crippen LogP contribution in [0.2, 0.25) is 0 Å². The second kappa shape index (κ2) is 7.86. The molecule has 162 valence electrons. The number of hydrogen-bond acceptors (Lipinski definition) is 6. The molecule has 7 nitrogen and oxygen atoms in total. The van der Waals surface area contributed by atoms with Gasteiger partial charge in [0.1, 0.15) is 11.6 Å². The Morgan fingerprint density at radius 3 is 2.74 bits per heavy atom. The zero-order valence-electron chi connectivity index (χ0n) is 18.0. The van der Waals surface area contributed by atoms with Gasteiger partial charge in [0.05, 0.1) is 6.54 Å². The van der Waals surface area contributed by atoms with Crippen molar-refractivity contribution in [2.45, 2.75) is 70.4 Å². The van der Waals surface area contributed by atoms with Crippen molar-refractivity contribution < 1.29 is 4.52 Å². The van der Waals surface area contributed by atoms with Crippen LogP contribution in [0.4, 0.5) is 0 Å². The van der Waals surface area contributed by atoms with Gasteiger partial charge in [-0.05, 0) is 56.2 Å². The first-order valence-corrected chi connectivity index (χ1v) is 11.8. The molecule has 31 heavy (non-hydrogen) atoms. The SMILES string of the molecule is c1ccc(Cc2noc(CN3CCC4(CC3)C[C@@H]4c3nnc4n3CCCCC4)n2)cc1. The van der Waals surface area contributed by atoms with Gasteiger partial charge in [0.2, 0.25) is 5.89 Å². The van der Waals surface area contributed by atoms with Crippen molar-refractivity contribution in [3.05, 3.63) is 59.3 Å². The number of nitrogens with zero attached hydrogens (tertiary/aromatic N) is 6. The Kier molecular flexibility index (Phi) is 4.86. The fraction of sp³-hybridized carbons (Fsp3) is 0.583. The zero-order valence-corrected chi connectivity index (χ0v) is 18.0. The summed E-state index contributed by atoms with van der Waals surface area (Å²) in [4.78, 5) is 7.09. The van der Waals surface area contributed by atoms with Crippen molar-refractivity contribution in [2.24, 2.45) is 5.41 Å². The second-order valence-corrected chi connectivity index (χ2v) is 9.60. The third-order valence-corrected chi connectivity index (χ3v) is 7.57. The number of benzene rings is 1. The van der Waals surface area contributed by atoms with E-state index in [-0.39, 0.29) is 0 Å². The lowest BCUT2D eigenvalue weighted by Crippen LogP contribution is -2.34. The Bertz CT molecular complexity index is 1030. The highest BCUT2D eigenvalue weighted by atomic mass is 16.5. The van der Waals surface area contributed by atoms with E-state index in [1.165, 1.54) is 55.7 Å². The van der Waals surface area contributed by atoms with E-state index in [1.54, 1.807) is 0 Å². The molecule has 3 aromatic rings. The van der Waals surface area contributed by atoms with Crippen LogP contribution in [-0.2, 0) is 25.9 Å². The molecule has 0 amide bonds. The molecule has 3 aliphatic rings. The minimum atomic E-state index is 0.444. The summed E-state index contributed by atoms with van der Waals surface area (Å²) < 4.78 is 7.99. The number of likely N-dealkylation sites (tertiary alicyclic amines) is 1. The van der Waals surface area contributed by atoms with Gasteiger partial charge in [-0.15, -0.1) is 10.2 Å². The van der Waals surface area contributed by atoms with Crippen molar-refractivity contribution in [3.8, 4) is 0 Å². The lowest BCUT2D eigenvalue weighted by molar-refractivity contribution is 0.145. The van der Waals surface area contributed by atoms with Gasteiger partial charge in [-0.1, -0.05) is 41.9 Å². The van der Waals surface area contributed by atoms with E-state index in [0.29, 0.717) is 11.3 Å². The van der Waals surface area contributed by atoms with Gasteiger partial charge in [0.25, 0.3) is 0 Å². The highest BCUT2D eigenvalue weighted by Gasteiger charge is 2.57. The predicted octanol–water partition coefficient (Wildman–Crippen LogP) is 3.75. The molecule has 0 N–H and O–H groups in total. The molecule has 1 atom stereocenters. The fourth-order valence-electron chi connectivity index (χ4n) is 5.58. The minimum Gasteiger partial charge on any atom is -0.338 e. The molecule has 1 aliphatic carbocycles. The largest absolute Gasteiger partial charge is 0.338 e. The van der Waals surface area contributed by atoms with Crippen LogP contribution in [-0.4, -0.2) is 42.9 Å². The van der Waals surface area contributed by atoms with Crippen molar-refractivity contribution in [2.75, 3.05) is 13.1 Å². The smallest absolute Gasteiger partial charge is 0.240 e. The maximum absolute atomic E-state index is 5.54. The predicted molar refractivity (Wildman–Crippen MR) is 115 cm³/mol. The van der Waals surface area contributed by atoms with E-state index in [9.17, 15) is 0 Å². The van der Waals surface area contributed by atoms with Gasteiger partial charge in [0, 0.05) is 25.3 Å². The van der Waals surface area contributed by atoms with Crippen molar-refractivity contribution >= 4 is 0 Å². The van der Waals surface area contributed by atoms with Gasteiger partial charge in [0.15, 0.2) is 5.82 Å². The molecule has 0 bridgehead atoms. The van der Waals surface area contributed by atoms with E-state index in [4.69, 9.17) is 4.52 Å². The summed E-state index contributed by atoms with van der Waals surface area (Å²) in [5, 5.41) is 13.4. The molecule has 0 unspecified atom stereocenters. The van der Waals surface area contributed by atoms with Crippen LogP contribution in [0, 0.1) is 5.41 Å². The Morgan fingerprint density at radius 2 is 1.87 bits per heavy atom. The fourth-order valence-corrected chi connectivity index (χ4v) is 5.58. The van der Waals surface area contributed by atoms with Crippen LogP contribution in [0.15, 0.2) is 34.9 Å². The van der Waals surface area contributed by atoms with Crippen molar-refractivity contribution in [3.63, 3.8) is 0 Å². The summed E-state index contributed by atoms with van der Waals surface area (Å²) in [5.74, 6) is 4.60. The average molecular weight is 419 g/mol. The minimum absolute atomic E-state index is 0.444. The van der Waals surface area contributed by atoms with Crippen LogP contribution in [0.3, 0.4) is 0 Å². The normalized spacial score (nSPS) is 22.9. The van der Waals surface area contributed by atoms with Gasteiger partial charge < -0.3 is 9.09 Å². The first-order valence-electron chi connectivity index (χ1n) is 11.8. The molecule has 1 spiro atoms. The number of rotatable bonds is 5. The molecule has 7 heteroatoms. The molecule has 2 fully saturated rings. The van der Waals surface area contributed by atoms with Crippen LogP contribution in [0.1, 0.15) is 73.4 Å². The van der Waals surface area contributed by atoms with E-state index in [2.05, 4.69) is 41.9 Å². The van der Waals surface area contributed by atoms with Crippen molar-refractivity contribution in [1.82, 2.24) is 29.8 Å². The maximum atomic E-state index is 5.54. The Balaban J connectivity index is 1.05. The summed E-state index contributed by atoms with van der Waals surface area (Å²) >= 11 is 0. The van der Waals surface area contributed by atoms with Crippen LogP contribution < -0.4 is 0 Å². The Morgan fingerprint density at radius 1 is 1.00 bits per heavy atom. The number of hydrogen-bond donors (Lipinski definition) is 0. The molecule has 2 aromatic heterocycles. The van der Waals surface area contributed by atoms with Gasteiger partial charge in [-0.3, -0.25) is 4.90 Å². The number of fused-ring (bicyclic) bond motifs is 1. The molecule has 0 radical (unpaired) electrons. The summed E-state index contributed by atoms with van der Waals surface area (Å²) in [6, 6.07) is 10.3. The quantitative estimate of drug-likeness (QED) is 0.628. The third kappa shape index (κ3) is 3.80. The molecule has 1 saturated heterocycles. The topological polar surface area (TPSA) is 72.9 Å². The van der Waals surface area contributed by atoms with Gasteiger partial charge in [-0.2, -0.15) is 4.98 Å². The molecule has 4 heterocycles. The Hall–Kier alpha value is -2.54. The first kappa shape index (κ1) is 19.2. The number of aryl methyl sites for hydroxylation is 1. The summed E-state index contributed by atoms with van der Waals surface area (Å²) in [5.41, 5.74) is 1.65. The highest BCUT2D eigenvalue weighted by Crippen LogP contribution is 2.64. The standard InChI is InChI=1S/C24H30N6O/c1-3-7-18(8-4-1)15-20-25-22(31-28-20)17-29-13-10-24(11-14-29)16-19(24)23-27-26-21-9-5-2-6-12-30(21)23/h1,3-4,7-8,19H,2,5-6,9-17H2/t19-/m1/s1. The average Bonchev–Trinajstić information content (AvgIpc) is 3.19. The molecule has 2 aliphatic heterocycles. The monoisotopic (exact) mass is 418 g/mol. The number of piperidine rings is 1.